The van der Waals surface area contributed by atoms with E-state index in [9.17, 15) is 9.59 Å². The van der Waals surface area contributed by atoms with Crippen molar-refractivity contribution in [1.82, 2.24) is 24.8 Å². The number of rotatable bonds is 5. The molecule has 8 nitrogen and oxygen atoms in total. The quantitative estimate of drug-likeness (QED) is 0.565. The largest absolute Gasteiger partial charge is 0.368 e. The van der Waals surface area contributed by atoms with E-state index in [0.29, 0.717) is 16.4 Å². The van der Waals surface area contributed by atoms with E-state index in [-0.39, 0.29) is 11.6 Å². The zero-order valence-corrected chi connectivity index (χ0v) is 19.7. The molecule has 172 valence electrons. The van der Waals surface area contributed by atoms with Crippen LogP contribution in [0, 0.1) is 11.6 Å². The summed E-state index contributed by atoms with van der Waals surface area (Å²) >= 11 is 5.40. The molecule has 0 spiro atoms. The summed E-state index contributed by atoms with van der Waals surface area (Å²) in [7, 11) is 1.68. The van der Waals surface area contributed by atoms with Gasteiger partial charge < -0.3 is 15.2 Å². The Hall–Kier alpha value is -3.04. The number of fused-ring (bicyclic) bond motifs is 1. The maximum atomic E-state index is 12.3. The van der Waals surface area contributed by atoms with Crippen LogP contribution in [-0.4, -0.2) is 57.6 Å². The van der Waals surface area contributed by atoms with Crippen LogP contribution >= 0.6 is 12.2 Å². The molecule has 3 heterocycles. The Kier molecular flexibility index (Phi) is 5.76. The maximum absolute atomic E-state index is 12.3. The summed E-state index contributed by atoms with van der Waals surface area (Å²) in [4.78, 5) is 36.5. The summed E-state index contributed by atoms with van der Waals surface area (Å²) in [6, 6.07) is 10.3. The van der Waals surface area contributed by atoms with Gasteiger partial charge in [0.1, 0.15) is 10.3 Å². The van der Waals surface area contributed by atoms with Crippen LogP contribution in [0.1, 0.15) is 34.6 Å². The van der Waals surface area contributed by atoms with E-state index >= 15 is 0 Å². The van der Waals surface area contributed by atoms with Crippen molar-refractivity contribution in [1.29, 1.82) is 0 Å². The molecule has 1 amide bonds. The molecule has 3 aromatic rings. The van der Waals surface area contributed by atoms with Crippen LogP contribution in [0.2, 0.25) is 0 Å². The first kappa shape index (κ1) is 21.8. The van der Waals surface area contributed by atoms with E-state index in [0.717, 1.165) is 73.4 Å². The van der Waals surface area contributed by atoms with Crippen molar-refractivity contribution in [2.24, 2.45) is 7.05 Å². The number of nitrogens with zero attached hydrogens (tertiary/aromatic N) is 4. The number of nitrogens with one attached hydrogen (secondary N) is 2. The second-order valence-corrected chi connectivity index (χ2v) is 9.37. The van der Waals surface area contributed by atoms with Gasteiger partial charge in [-0.15, -0.1) is 0 Å². The van der Waals surface area contributed by atoms with Gasteiger partial charge >= 0.3 is 5.69 Å². The fourth-order valence-corrected chi connectivity index (χ4v) is 4.62. The summed E-state index contributed by atoms with van der Waals surface area (Å²) < 4.78 is 2.01. The van der Waals surface area contributed by atoms with Gasteiger partial charge in [0.25, 0.3) is 5.91 Å². The molecule has 2 aliphatic rings. The number of hydrogen-bond acceptors (Lipinski definition) is 6. The van der Waals surface area contributed by atoms with E-state index in [1.807, 2.05) is 31.2 Å². The molecule has 33 heavy (non-hydrogen) atoms. The topological polar surface area (TPSA) is 86.3 Å². The van der Waals surface area contributed by atoms with Crippen molar-refractivity contribution >= 4 is 34.7 Å². The number of H-pyrrole nitrogens is 1. The lowest BCUT2D eigenvalue weighted by Gasteiger charge is -2.36. The number of aromatic amines is 1. The van der Waals surface area contributed by atoms with Crippen LogP contribution < -0.4 is 15.9 Å². The highest BCUT2D eigenvalue weighted by Crippen LogP contribution is 2.23. The van der Waals surface area contributed by atoms with E-state index in [1.165, 1.54) is 4.57 Å². The third-order valence-corrected chi connectivity index (χ3v) is 6.98. The highest BCUT2D eigenvalue weighted by molar-refractivity contribution is 7.71. The maximum Gasteiger partial charge on any atom is 0.326 e. The highest BCUT2D eigenvalue weighted by Gasteiger charge is 2.25. The lowest BCUT2D eigenvalue weighted by Crippen LogP contribution is -2.46. The van der Waals surface area contributed by atoms with Crippen LogP contribution in [0.5, 0.6) is 0 Å². The van der Waals surface area contributed by atoms with Crippen molar-refractivity contribution in [2.75, 3.05) is 31.1 Å². The Morgan fingerprint density at radius 2 is 1.94 bits per heavy atom. The standard InChI is InChI=1S/C24H28N6O2S/c1-15-21(8-7-19(25-15)22(31)26-17-4-5-17)30-11-9-29(10-12-30)14-16-3-6-18-20(13-16)27-24(32)28(2)23(18)33/h3,6-8,13,17H,4-5,9-12,14H2,1-2H3,(H,26,31)(H,27,32). The molecule has 1 aliphatic heterocycles. The predicted molar refractivity (Wildman–Crippen MR) is 131 cm³/mol. The van der Waals surface area contributed by atoms with Gasteiger partial charge in [-0.25, -0.2) is 9.78 Å². The normalized spacial score (nSPS) is 16.8. The van der Waals surface area contributed by atoms with Crippen LogP contribution in [0.25, 0.3) is 10.9 Å². The number of anilines is 1. The van der Waals surface area contributed by atoms with E-state index in [2.05, 4.69) is 31.2 Å². The van der Waals surface area contributed by atoms with Gasteiger partial charge in [0.2, 0.25) is 0 Å². The minimum Gasteiger partial charge on any atom is -0.368 e. The van der Waals surface area contributed by atoms with Gasteiger partial charge in [0, 0.05) is 51.2 Å². The van der Waals surface area contributed by atoms with Gasteiger partial charge in [-0.3, -0.25) is 14.3 Å². The van der Waals surface area contributed by atoms with Crippen LogP contribution in [0.3, 0.4) is 0 Å². The Balaban J connectivity index is 1.23. The van der Waals surface area contributed by atoms with E-state index in [4.69, 9.17) is 12.2 Å². The molecule has 1 aromatic carbocycles. The number of piperazine rings is 1. The summed E-state index contributed by atoms with van der Waals surface area (Å²) in [5, 5.41) is 3.88. The van der Waals surface area contributed by atoms with Crippen LogP contribution in [0.15, 0.2) is 35.1 Å². The first-order valence-electron chi connectivity index (χ1n) is 11.4. The molecule has 1 aliphatic carbocycles. The smallest absolute Gasteiger partial charge is 0.326 e. The number of amides is 1. The lowest BCUT2D eigenvalue weighted by atomic mass is 10.1. The van der Waals surface area contributed by atoms with Gasteiger partial charge in [-0.1, -0.05) is 18.3 Å². The molecule has 1 saturated heterocycles. The molecule has 2 aromatic heterocycles. The summed E-state index contributed by atoms with van der Waals surface area (Å²) in [5.41, 5.74) is 4.21. The van der Waals surface area contributed by atoms with Gasteiger partial charge in [-0.05, 0) is 49.6 Å². The third kappa shape index (κ3) is 4.56. The molecular weight excluding hydrogens is 436 g/mol. The Morgan fingerprint density at radius 1 is 1.18 bits per heavy atom. The summed E-state index contributed by atoms with van der Waals surface area (Å²) in [6.07, 6.45) is 2.13. The van der Waals surface area contributed by atoms with Crippen molar-refractivity contribution in [3.8, 4) is 0 Å². The van der Waals surface area contributed by atoms with Gasteiger partial charge in [0.05, 0.1) is 16.9 Å². The fraction of sp³-hybridized carbons (Fsp3) is 0.417. The van der Waals surface area contributed by atoms with Gasteiger partial charge in [-0.2, -0.15) is 0 Å². The minimum atomic E-state index is -0.196. The number of carbonyl (C=O) groups excluding carboxylic acids is 1. The number of pyridine rings is 1. The lowest BCUT2D eigenvalue weighted by molar-refractivity contribution is 0.0946. The zero-order chi connectivity index (χ0) is 23.1. The Labute approximate surface area is 197 Å². The first-order valence-corrected chi connectivity index (χ1v) is 11.8. The second-order valence-electron chi connectivity index (χ2n) is 8.99. The molecule has 1 saturated carbocycles. The minimum absolute atomic E-state index is 0.0781. The van der Waals surface area contributed by atoms with Crippen LogP contribution in [0.4, 0.5) is 5.69 Å². The number of aromatic nitrogens is 3. The molecule has 5 rings (SSSR count). The fourth-order valence-electron chi connectivity index (χ4n) is 4.36. The van der Waals surface area contributed by atoms with Crippen molar-refractivity contribution in [3.05, 3.63) is 62.4 Å². The number of hydrogen-bond donors (Lipinski definition) is 2. The Morgan fingerprint density at radius 3 is 2.64 bits per heavy atom. The van der Waals surface area contributed by atoms with E-state index < -0.39 is 0 Å². The predicted octanol–water partition coefficient (Wildman–Crippen LogP) is 2.51. The number of benzene rings is 1. The highest BCUT2D eigenvalue weighted by atomic mass is 32.1. The van der Waals surface area contributed by atoms with Crippen molar-refractivity contribution < 1.29 is 4.79 Å². The van der Waals surface area contributed by atoms with E-state index in [1.54, 1.807) is 7.05 Å². The SMILES string of the molecule is Cc1nc(C(=O)NC2CC2)ccc1N1CCN(Cc2ccc3c(=S)n(C)c(=O)[nH]c3c2)CC1. The summed E-state index contributed by atoms with van der Waals surface area (Å²) in [6.45, 7) is 6.43. The number of aryl methyl sites for hydroxylation is 1. The molecule has 9 heteroatoms. The summed E-state index contributed by atoms with van der Waals surface area (Å²) in [5.74, 6) is -0.0781. The molecule has 2 N–H and O–H groups in total. The third-order valence-electron chi connectivity index (χ3n) is 6.49. The average Bonchev–Trinajstić information content (AvgIpc) is 3.62. The van der Waals surface area contributed by atoms with Crippen LogP contribution in [-0.2, 0) is 13.6 Å². The molecule has 2 fully saturated rings. The van der Waals surface area contributed by atoms with Crippen molar-refractivity contribution in [2.45, 2.75) is 32.4 Å². The first-order chi connectivity index (χ1) is 15.9. The number of carbonyl (C=O) groups is 1. The molecule has 0 unspecified atom stereocenters. The molecule has 0 bridgehead atoms. The van der Waals surface area contributed by atoms with Crippen molar-refractivity contribution in [3.63, 3.8) is 0 Å². The monoisotopic (exact) mass is 464 g/mol. The van der Waals surface area contributed by atoms with Gasteiger partial charge in [0.15, 0.2) is 0 Å². The second kappa shape index (κ2) is 8.72. The molecular formula is C24H28N6O2S. The Bertz CT molecular complexity index is 1340. The molecule has 0 atom stereocenters. The zero-order valence-electron chi connectivity index (χ0n) is 18.9. The molecule has 0 radical (unpaired) electrons. The average molecular weight is 465 g/mol.